The molecule has 0 bridgehead atoms. The molecular formula is C16H12F3NO. The lowest BCUT2D eigenvalue weighted by molar-refractivity contribution is -0.111. The van der Waals surface area contributed by atoms with Crippen LogP contribution < -0.4 is 5.32 Å². The minimum Gasteiger partial charge on any atom is -0.322 e. The molecule has 0 aliphatic carbocycles. The zero-order valence-corrected chi connectivity index (χ0v) is 11.2. The van der Waals surface area contributed by atoms with Crippen molar-refractivity contribution in [3.05, 3.63) is 71.1 Å². The summed E-state index contributed by atoms with van der Waals surface area (Å²) in [6.07, 6.45) is 2.07. The number of amides is 1. The zero-order chi connectivity index (χ0) is 15.4. The molecule has 0 atom stereocenters. The summed E-state index contributed by atoms with van der Waals surface area (Å²) in [6, 6.07) is 7.35. The van der Waals surface area contributed by atoms with Crippen molar-refractivity contribution in [3.63, 3.8) is 0 Å². The van der Waals surface area contributed by atoms with Gasteiger partial charge in [-0.15, -0.1) is 0 Å². The Bertz CT molecular complexity index is 690. The molecule has 0 aliphatic rings. The van der Waals surface area contributed by atoms with E-state index in [-0.39, 0.29) is 5.56 Å². The van der Waals surface area contributed by atoms with Crippen LogP contribution in [0.3, 0.4) is 0 Å². The highest BCUT2D eigenvalue weighted by atomic mass is 19.1. The van der Waals surface area contributed by atoms with E-state index in [0.29, 0.717) is 11.3 Å². The van der Waals surface area contributed by atoms with Crippen molar-refractivity contribution >= 4 is 17.7 Å². The summed E-state index contributed by atoms with van der Waals surface area (Å²) in [5, 5.41) is 2.51. The number of carbonyl (C=O) groups excluding carboxylic acids is 1. The van der Waals surface area contributed by atoms with E-state index >= 15 is 0 Å². The number of carbonyl (C=O) groups is 1. The molecule has 1 N–H and O–H groups in total. The van der Waals surface area contributed by atoms with E-state index in [9.17, 15) is 18.0 Å². The third kappa shape index (κ3) is 3.72. The van der Waals surface area contributed by atoms with Crippen LogP contribution in [0.5, 0.6) is 0 Å². The van der Waals surface area contributed by atoms with Crippen LogP contribution in [0.4, 0.5) is 18.9 Å². The highest BCUT2D eigenvalue weighted by Crippen LogP contribution is 2.16. The Labute approximate surface area is 119 Å². The number of hydrogen-bond acceptors (Lipinski definition) is 1. The average Bonchev–Trinajstić information content (AvgIpc) is 2.41. The van der Waals surface area contributed by atoms with Crippen molar-refractivity contribution < 1.29 is 18.0 Å². The van der Waals surface area contributed by atoms with Gasteiger partial charge in [0.2, 0.25) is 5.91 Å². The fourth-order valence-electron chi connectivity index (χ4n) is 1.77. The molecule has 0 saturated heterocycles. The van der Waals surface area contributed by atoms with Crippen LogP contribution in [0, 0.1) is 24.4 Å². The van der Waals surface area contributed by atoms with Gasteiger partial charge in [-0.25, -0.2) is 13.2 Å². The van der Waals surface area contributed by atoms with Gasteiger partial charge in [0.25, 0.3) is 0 Å². The zero-order valence-electron chi connectivity index (χ0n) is 11.2. The van der Waals surface area contributed by atoms with Crippen molar-refractivity contribution in [1.82, 2.24) is 0 Å². The number of nitrogens with one attached hydrogen (secondary N) is 1. The molecule has 0 unspecified atom stereocenters. The molecule has 2 aromatic rings. The molecule has 21 heavy (non-hydrogen) atoms. The van der Waals surface area contributed by atoms with Crippen LogP contribution in [0.15, 0.2) is 42.5 Å². The van der Waals surface area contributed by atoms with Crippen molar-refractivity contribution in [2.45, 2.75) is 6.92 Å². The maximum absolute atomic E-state index is 13.4. The van der Waals surface area contributed by atoms with E-state index < -0.39 is 23.4 Å². The minimum atomic E-state index is -0.753. The molecule has 0 spiro atoms. The Hall–Kier alpha value is -2.56. The van der Waals surface area contributed by atoms with Crippen LogP contribution in [0.1, 0.15) is 11.1 Å². The summed E-state index contributed by atoms with van der Waals surface area (Å²) < 4.78 is 39.7. The average molecular weight is 291 g/mol. The Morgan fingerprint density at radius 2 is 1.76 bits per heavy atom. The van der Waals surface area contributed by atoms with Gasteiger partial charge in [0.15, 0.2) is 0 Å². The van der Waals surface area contributed by atoms with Crippen molar-refractivity contribution in [3.8, 4) is 0 Å². The minimum absolute atomic E-state index is 0.288. The third-order valence-electron chi connectivity index (χ3n) is 2.85. The second-order valence-electron chi connectivity index (χ2n) is 4.42. The molecule has 1 amide bonds. The van der Waals surface area contributed by atoms with Crippen LogP contribution in [0.2, 0.25) is 0 Å². The lowest BCUT2D eigenvalue weighted by Crippen LogP contribution is -2.09. The van der Waals surface area contributed by atoms with Crippen LogP contribution in [-0.4, -0.2) is 5.91 Å². The maximum atomic E-state index is 13.4. The summed E-state index contributed by atoms with van der Waals surface area (Å²) in [7, 11) is 0. The van der Waals surface area contributed by atoms with E-state index in [1.165, 1.54) is 24.3 Å². The molecule has 2 rings (SSSR count). The first-order valence-corrected chi connectivity index (χ1v) is 6.16. The Kier molecular flexibility index (Phi) is 4.42. The number of hydrogen-bond donors (Lipinski definition) is 1. The number of benzene rings is 2. The second-order valence-corrected chi connectivity index (χ2v) is 4.42. The molecule has 0 aromatic heterocycles. The summed E-state index contributed by atoms with van der Waals surface area (Å²) in [5.41, 5.74) is 0.692. The maximum Gasteiger partial charge on any atom is 0.248 e. The Balaban J connectivity index is 2.13. The summed E-state index contributed by atoms with van der Waals surface area (Å²) in [5.74, 6) is -2.48. The molecule has 0 aliphatic heterocycles. The first kappa shape index (κ1) is 14.8. The van der Waals surface area contributed by atoms with Crippen LogP contribution >= 0.6 is 0 Å². The van der Waals surface area contributed by atoms with Gasteiger partial charge in [0, 0.05) is 17.3 Å². The predicted molar refractivity (Wildman–Crippen MR) is 75.2 cm³/mol. The van der Waals surface area contributed by atoms with Crippen molar-refractivity contribution in [2.75, 3.05) is 5.32 Å². The predicted octanol–water partition coefficient (Wildman–Crippen LogP) is 4.06. The Morgan fingerprint density at radius 3 is 2.38 bits per heavy atom. The van der Waals surface area contributed by atoms with Gasteiger partial charge < -0.3 is 5.32 Å². The van der Waals surface area contributed by atoms with E-state index in [1.54, 1.807) is 6.92 Å². The van der Waals surface area contributed by atoms with Gasteiger partial charge in [0.05, 0.1) is 0 Å². The molecule has 2 nitrogen and oxygen atoms in total. The molecule has 0 radical (unpaired) electrons. The number of halogens is 3. The molecule has 0 saturated carbocycles. The molecule has 0 heterocycles. The lowest BCUT2D eigenvalue weighted by atomic mass is 10.1. The first-order chi connectivity index (χ1) is 9.97. The normalized spacial score (nSPS) is 10.9. The van der Waals surface area contributed by atoms with Gasteiger partial charge in [0.1, 0.15) is 17.5 Å². The van der Waals surface area contributed by atoms with E-state index in [4.69, 9.17) is 0 Å². The molecular weight excluding hydrogens is 279 g/mol. The number of anilines is 1. The molecule has 0 fully saturated rings. The monoisotopic (exact) mass is 291 g/mol. The van der Waals surface area contributed by atoms with Crippen LogP contribution in [-0.2, 0) is 4.79 Å². The summed E-state index contributed by atoms with van der Waals surface area (Å²) in [4.78, 5) is 11.7. The molecule has 2 aromatic carbocycles. The lowest BCUT2D eigenvalue weighted by Gasteiger charge is -2.06. The first-order valence-electron chi connectivity index (χ1n) is 6.16. The number of aryl methyl sites for hydroxylation is 1. The fraction of sp³-hybridized carbons (Fsp3) is 0.0625. The van der Waals surface area contributed by atoms with Gasteiger partial charge in [-0.2, -0.15) is 0 Å². The largest absolute Gasteiger partial charge is 0.322 e. The van der Waals surface area contributed by atoms with Crippen LogP contribution in [0.25, 0.3) is 6.08 Å². The Morgan fingerprint density at radius 1 is 1.10 bits per heavy atom. The standard InChI is InChI=1S/C16H12F3NO/c1-10-9-11(17)5-7-15(10)20-16(21)8-6-12-13(18)3-2-4-14(12)19/h2-9H,1H3,(H,20,21)/b8-6+. The molecule has 108 valence electrons. The van der Waals surface area contributed by atoms with E-state index in [0.717, 1.165) is 24.3 Å². The molecule has 5 heteroatoms. The topological polar surface area (TPSA) is 29.1 Å². The smallest absolute Gasteiger partial charge is 0.248 e. The number of rotatable bonds is 3. The quantitative estimate of drug-likeness (QED) is 0.849. The third-order valence-corrected chi connectivity index (χ3v) is 2.85. The van der Waals surface area contributed by atoms with Crippen molar-refractivity contribution in [1.29, 1.82) is 0 Å². The highest BCUT2D eigenvalue weighted by Gasteiger charge is 2.06. The van der Waals surface area contributed by atoms with Gasteiger partial charge >= 0.3 is 0 Å². The summed E-state index contributed by atoms with van der Waals surface area (Å²) >= 11 is 0. The van der Waals surface area contributed by atoms with Gasteiger partial charge in [-0.1, -0.05) is 6.07 Å². The SMILES string of the molecule is Cc1cc(F)ccc1NC(=O)/C=C/c1c(F)cccc1F. The van der Waals surface area contributed by atoms with Gasteiger partial charge in [-0.3, -0.25) is 4.79 Å². The van der Waals surface area contributed by atoms with E-state index in [2.05, 4.69) is 5.32 Å². The summed E-state index contributed by atoms with van der Waals surface area (Å²) in [6.45, 7) is 1.64. The highest BCUT2D eigenvalue weighted by molar-refractivity contribution is 6.02. The van der Waals surface area contributed by atoms with E-state index in [1.807, 2.05) is 0 Å². The second kappa shape index (κ2) is 6.26. The van der Waals surface area contributed by atoms with Crippen molar-refractivity contribution in [2.24, 2.45) is 0 Å². The van der Waals surface area contributed by atoms with Gasteiger partial charge in [-0.05, 0) is 48.9 Å². The fourth-order valence-corrected chi connectivity index (χ4v) is 1.77.